The highest BCUT2D eigenvalue weighted by molar-refractivity contribution is 5.93. The van der Waals surface area contributed by atoms with E-state index in [1.807, 2.05) is 36.4 Å². The first-order valence-electron chi connectivity index (χ1n) is 9.27. The minimum absolute atomic E-state index is 0.403. The molecule has 1 N–H and O–H groups in total. The monoisotopic (exact) mass is 395 g/mol. The maximum atomic E-state index is 5.87. The van der Waals surface area contributed by atoms with Crippen LogP contribution in [0.2, 0.25) is 0 Å². The van der Waals surface area contributed by atoms with Crippen LogP contribution in [0.15, 0.2) is 49.3 Å². The molecule has 152 valence electrons. The highest BCUT2D eigenvalue weighted by atomic mass is 16.5. The summed E-state index contributed by atoms with van der Waals surface area (Å²) < 4.78 is 21.8. The SMILES string of the molecule is C=Cc1cccc(Nc2ncnc3cc(OCCOC)c(OCCOC)cc23)c1. The summed E-state index contributed by atoms with van der Waals surface area (Å²) in [5, 5.41) is 4.17. The normalized spacial score (nSPS) is 10.7. The second-order valence-corrected chi connectivity index (χ2v) is 6.18. The van der Waals surface area contributed by atoms with Gasteiger partial charge in [-0.2, -0.15) is 0 Å². The molecule has 0 saturated heterocycles. The van der Waals surface area contributed by atoms with Gasteiger partial charge in [0.1, 0.15) is 25.4 Å². The summed E-state index contributed by atoms with van der Waals surface area (Å²) in [4.78, 5) is 8.80. The quantitative estimate of drug-likeness (QED) is 0.491. The van der Waals surface area contributed by atoms with Crippen LogP contribution in [0.1, 0.15) is 5.56 Å². The molecule has 0 fully saturated rings. The Morgan fingerprint density at radius 3 is 2.34 bits per heavy atom. The Morgan fingerprint density at radius 1 is 0.931 bits per heavy atom. The van der Waals surface area contributed by atoms with Crippen LogP contribution in [0.4, 0.5) is 11.5 Å². The Labute approximate surface area is 170 Å². The summed E-state index contributed by atoms with van der Waals surface area (Å²) in [7, 11) is 3.26. The number of ether oxygens (including phenoxy) is 4. The zero-order chi connectivity index (χ0) is 20.5. The van der Waals surface area contributed by atoms with Gasteiger partial charge < -0.3 is 24.3 Å². The summed E-state index contributed by atoms with van der Waals surface area (Å²) in [5.74, 6) is 1.88. The van der Waals surface area contributed by atoms with Gasteiger partial charge in [0.15, 0.2) is 11.5 Å². The van der Waals surface area contributed by atoms with Crippen LogP contribution in [-0.2, 0) is 9.47 Å². The lowest BCUT2D eigenvalue weighted by Crippen LogP contribution is -2.09. The van der Waals surface area contributed by atoms with Crippen LogP contribution in [0, 0.1) is 0 Å². The number of benzene rings is 2. The molecule has 0 saturated carbocycles. The molecule has 0 bridgehead atoms. The maximum Gasteiger partial charge on any atom is 0.163 e. The molecule has 0 aliphatic carbocycles. The number of fused-ring (bicyclic) bond motifs is 1. The van der Waals surface area contributed by atoms with Crippen molar-refractivity contribution in [3.63, 3.8) is 0 Å². The van der Waals surface area contributed by atoms with Gasteiger partial charge in [-0.1, -0.05) is 24.8 Å². The molecule has 29 heavy (non-hydrogen) atoms. The molecule has 0 spiro atoms. The second-order valence-electron chi connectivity index (χ2n) is 6.18. The fraction of sp³-hybridized carbons (Fsp3) is 0.273. The zero-order valence-corrected chi connectivity index (χ0v) is 16.7. The Hall–Kier alpha value is -3.16. The van der Waals surface area contributed by atoms with E-state index >= 15 is 0 Å². The standard InChI is InChI=1S/C22H25N3O4/c1-4-16-6-5-7-17(12-16)25-22-18-13-20(28-10-8-26-2)21(29-11-9-27-3)14-19(18)23-15-24-22/h4-7,12-15H,1,8-11H2,2-3H3,(H,23,24,25). The lowest BCUT2D eigenvalue weighted by atomic mass is 10.1. The van der Waals surface area contributed by atoms with Crippen LogP contribution in [0.25, 0.3) is 17.0 Å². The third-order valence-electron chi connectivity index (χ3n) is 4.18. The molecule has 0 unspecified atom stereocenters. The van der Waals surface area contributed by atoms with Gasteiger partial charge in [-0.05, 0) is 23.8 Å². The van der Waals surface area contributed by atoms with Crippen molar-refractivity contribution in [1.29, 1.82) is 0 Å². The van der Waals surface area contributed by atoms with Gasteiger partial charge in [-0.3, -0.25) is 0 Å². The first-order chi connectivity index (χ1) is 14.2. The molecule has 1 heterocycles. The van der Waals surface area contributed by atoms with Crippen molar-refractivity contribution in [3.8, 4) is 11.5 Å². The number of aromatic nitrogens is 2. The molecule has 2 aromatic carbocycles. The molecule has 0 atom stereocenters. The summed E-state index contributed by atoms with van der Waals surface area (Å²) in [6.07, 6.45) is 3.32. The van der Waals surface area contributed by atoms with Gasteiger partial charge in [-0.15, -0.1) is 0 Å². The minimum Gasteiger partial charge on any atom is -0.487 e. The topological polar surface area (TPSA) is 74.7 Å². The van der Waals surface area contributed by atoms with E-state index in [-0.39, 0.29) is 0 Å². The average Bonchev–Trinajstić information content (AvgIpc) is 2.75. The van der Waals surface area contributed by atoms with E-state index in [1.54, 1.807) is 20.3 Å². The zero-order valence-electron chi connectivity index (χ0n) is 16.7. The van der Waals surface area contributed by atoms with Crippen molar-refractivity contribution in [2.75, 3.05) is 46.0 Å². The molecular formula is C22H25N3O4. The van der Waals surface area contributed by atoms with E-state index < -0.39 is 0 Å². The van der Waals surface area contributed by atoms with E-state index in [1.165, 1.54) is 6.33 Å². The van der Waals surface area contributed by atoms with Crippen molar-refractivity contribution >= 4 is 28.5 Å². The number of hydrogen-bond donors (Lipinski definition) is 1. The van der Waals surface area contributed by atoms with Crippen LogP contribution >= 0.6 is 0 Å². The lowest BCUT2D eigenvalue weighted by Gasteiger charge is -2.15. The van der Waals surface area contributed by atoms with Crippen molar-refractivity contribution < 1.29 is 18.9 Å². The number of nitrogens with zero attached hydrogens (tertiary/aromatic N) is 2. The van der Waals surface area contributed by atoms with E-state index in [0.717, 1.165) is 22.2 Å². The highest BCUT2D eigenvalue weighted by Crippen LogP contribution is 2.35. The Kier molecular flexibility index (Phi) is 7.38. The van der Waals surface area contributed by atoms with Crippen molar-refractivity contribution in [1.82, 2.24) is 9.97 Å². The van der Waals surface area contributed by atoms with E-state index in [2.05, 4.69) is 21.9 Å². The Bertz CT molecular complexity index is 962. The first kappa shape index (κ1) is 20.6. The number of rotatable bonds is 11. The minimum atomic E-state index is 0.403. The van der Waals surface area contributed by atoms with Crippen LogP contribution < -0.4 is 14.8 Å². The van der Waals surface area contributed by atoms with Crippen molar-refractivity contribution in [2.45, 2.75) is 0 Å². The van der Waals surface area contributed by atoms with Gasteiger partial charge in [0.25, 0.3) is 0 Å². The molecule has 7 nitrogen and oxygen atoms in total. The number of nitrogens with one attached hydrogen (secondary N) is 1. The van der Waals surface area contributed by atoms with Gasteiger partial charge >= 0.3 is 0 Å². The second kappa shape index (κ2) is 10.4. The van der Waals surface area contributed by atoms with Gasteiger partial charge in [0, 0.05) is 31.4 Å². The number of methoxy groups -OCH3 is 2. The molecule has 1 aromatic heterocycles. The van der Waals surface area contributed by atoms with E-state index in [0.29, 0.717) is 43.7 Å². The maximum absolute atomic E-state index is 5.87. The molecule has 0 aliphatic heterocycles. The predicted octanol–water partition coefficient (Wildman–Crippen LogP) is 4.07. The van der Waals surface area contributed by atoms with Crippen LogP contribution in [0.3, 0.4) is 0 Å². The average molecular weight is 395 g/mol. The Morgan fingerprint density at radius 2 is 1.66 bits per heavy atom. The highest BCUT2D eigenvalue weighted by Gasteiger charge is 2.13. The van der Waals surface area contributed by atoms with E-state index in [9.17, 15) is 0 Å². The predicted molar refractivity (Wildman–Crippen MR) is 114 cm³/mol. The van der Waals surface area contributed by atoms with Crippen molar-refractivity contribution in [2.24, 2.45) is 0 Å². The Balaban J connectivity index is 1.95. The molecular weight excluding hydrogens is 370 g/mol. The molecule has 7 heteroatoms. The third-order valence-corrected chi connectivity index (χ3v) is 4.18. The molecule has 0 amide bonds. The van der Waals surface area contributed by atoms with Crippen LogP contribution in [-0.4, -0.2) is 50.6 Å². The summed E-state index contributed by atoms with van der Waals surface area (Å²) in [5.41, 5.74) is 2.67. The smallest absolute Gasteiger partial charge is 0.163 e. The first-order valence-corrected chi connectivity index (χ1v) is 9.27. The number of hydrogen-bond acceptors (Lipinski definition) is 7. The van der Waals surface area contributed by atoms with E-state index in [4.69, 9.17) is 18.9 Å². The largest absolute Gasteiger partial charge is 0.487 e. The summed E-state index contributed by atoms with van der Waals surface area (Å²) in [6, 6.07) is 11.6. The fourth-order valence-electron chi connectivity index (χ4n) is 2.74. The molecule has 0 aliphatic rings. The van der Waals surface area contributed by atoms with Gasteiger partial charge in [-0.25, -0.2) is 9.97 Å². The lowest BCUT2D eigenvalue weighted by molar-refractivity contribution is 0.132. The summed E-state index contributed by atoms with van der Waals surface area (Å²) in [6.45, 7) is 5.58. The molecule has 3 rings (SSSR count). The molecule has 3 aromatic rings. The van der Waals surface area contributed by atoms with Crippen molar-refractivity contribution in [3.05, 3.63) is 54.9 Å². The van der Waals surface area contributed by atoms with Gasteiger partial charge in [0.2, 0.25) is 0 Å². The third kappa shape index (κ3) is 5.43. The summed E-state index contributed by atoms with van der Waals surface area (Å²) >= 11 is 0. The van der Waals surface area contributed by atoms with Gasteiger partial charge in [0.05, 0.1) is 18.7 Å². The number of anilines is 2. The fourth-order valence-corrected chi connectivity index (χ4v) is 2.74. The molecule has 0 radical (unpaired) electrons. The van der Waals surface area contributed by atoms with Crippen LogP contribution in [0.5, 0.6) is 11.5 Å².